The first-order valence-corrected chi connectivity index (χ1v) is 12.6. The number of nitrogens with zero attached hydrogens (tertiary/aromatic N) is 1. The summed E-state index contributed by atoms with van der Waals surface area (Å²) < 4.78 is 18.6. The van der Waals surface area contributed by atoms with Gasteiger partial charge in [0, 0.05) is 17.2 Å². The molecule has 0 saturated carbocycles. The average Bonchev–Trinajstić information content (AvgIpc) is 2.99. The maximum atomic E-state index is 6.29. The molecule has 38 heavy (non-hydrogen) atoms. The molecule has 1 aromatic heterocycles. The molecule has 0 aliphatic rings. The van der Waals surface area contributed by atoms with Crippen molar-refractivity contribution < 1.29 is 14.2 Å². The summed E-state index contributed by atoms with van der Waals surface area (Å²) in [5, 5.41) is 0. The van der Waals surface area contributed by atoms with E-state index in [0.29, 0.717) is 31.6 Å². The van der Waals surface area contributed by atoms with Crippen LogP contribution in [0.1, 0.15) is 22.3 Å². The molecule has 0 radical (unpaired) electrons. The molecule has 0 N–H and O–H groups in total. The number of hydrogen-bond acceptors (Lipinski definition) is 4. The largest absolute Gasteiger partial charge is 0.488 e. The van der Waals surface area contributed by atoms with E-state index in [0.717, 1.165) is 39.1 Å². The quantitative estimate of drug-likeness (QED) is 0.184. The van der Waals surface area contributed by atoms with Crippen LogP contribution in [0.4, 0.5) is 0 Å². The van der Waals surface area contributed by atoms with E-state index in [1.165, 1.54) is 0 Å². The highest BCUT2D eigenvalue weighted by Gasteiger charge is 2.16. The zero-order chi connectivity index (χ0) is 26.0. The topological polar surface area (TPSA) is 40.6 Å². The number of rotatable bonds is 11. The molecule has 5 aromatic rings. The predicted octanol–water partition coefficient (Wildman–Crippen LogP) is 8.13. The number of aromatic nitrogens is 1. The van der Waals surface area contributed by atoms with E-state index in [1.807, 2.05) is 127 Å². The highest BCUT2D eigenvalue weighted by Crippen LogP contribution is 2.38. The minimum absolute atomic E-state index is 0.379. The molecule has 4 aromatic carbocycles. The normalized spacial score (nSPS) is 10.5. The summed E-state index contributed by atoms with van der Waals surface area (Å²) in [7, 11) is 0. The van der Waals surface area contributed by atoms with Gasteiger partial charge < -0.3 is 14.2 Å². The van der Waals surface area contributed by atoms with Gasteiger partial charge in [-0.25, -0.2) is 0 Å². The van der Waals surface area contributed by atoms with Gasteiger partial charge in [0.15, 0.2) is 0 Å². The molecular formula is C34H29NO3. The SMILES string of the molecule is C=Cc1ccc(OCc2ccccc2)c(-c2ccc(OCc3ccccc3)nc2OCc2ccccc2)c1. The van der Waals surface area contributed by atoms with Crippen LogP contribution in [0.25, 0.3) is 17.2 Å². The van der Waals surface area contributed by atoms with Gasteiger partial charge in [-0.2, -0.15) is 4.98 Å². The van der Waals surface area contributed by atoms with Crippen LogP contribution in [0.3, 0.4) is 0 Å². The Bertz CT molecular complexity index is 1470. The molecule has 0 unspecified atom stereocenters. The Labute approximate surface area is 223 Å². The Morgan fingerprint density at radius 2 is 1.11 bits per heavy atom. The van der Waals surface area contributed by atoms with E-state index in [2.05, 4.69) is 6.58 Å². The first-order valence-electron chi connectivity index (χ1n) is 12.6. The Morgan fingerprint density at radius 3 is 1.68 bits per heavy atom. The van der Waals surface area contributed by atoms with Crippen molar-refractivity contribution in [3.8, 4) is 28.6 Å². The minimum Gasteiger partial charge on any atom is -0.488 e. The summed E-state index contributed by atoms with van der Waals surface area (Å²) in [5.41, 5.74) is 5.89. The van der Waals surface area contributed by atoms with Gasteiger partial charge in [-0.3, -0.25) is 0 Å². The Hall–Kier alpha value is -4.83. The fourth-order valence-electron chi connectivity index (χ4n) is 4.02. The van der Waals surface area contributed by atoms with Crippen molar-refractivity contribution in [3.05, 3.63) is 150 Å². The van der Waals surface area contributed by atoms with Crippen molar-refractivity contribution in [1.29, 1.82) is 0 Å². The van der Waals surface area contributed by atoms with E-state index in [9.17, 15) is 0 Å². The van der Waals surface area contributed by atoms with Crippen molar-refractivity contribution >= 4 is 6.08 Å². The molecule has 0 spiro atoms. The third-order valence-corrected chi connectivity index (χ3v) is 6.05. The van der Waals surface area contributed by atoms with Gasteiger partial charge in [0.2, 0.25) is 11.8 Å². The van der Waals surface area contributed by atoms with Gasteiger partial charge >= 0.3 is 0 Å². The molecule has 1 heterocycles. The molecule has 5 rings (SSSR count). The summed E-state index contributed by atoms with van der Waals surface area (Å²) in [6.45, 7) is 5.20. The van der Waals surface area contributed by atoms with Crippen LogP contribution in [-0.2, 0) is 19.8 Å². The molecule has 0 bridgehead atoms. The van der Waals surface area contributed by atoms with E-state index >= 15 is 0 Å². The highest BCUT2D eigenvalue weighted by atomic mass is 16.5. The van der Waals surface area contributed by atoms with Crippen molar-refractivity contribution in [2.24, 2.45) is 0 Å². The first kappa shape index (κ1) is 24.8. The van der Waals surface area contributed by atoms with Crippen molar-refractivity contribution in [3.63, 3.8) is 0 Å². The van der Waals surface area contributed by atoms with Gasteiger partial charge in [0.25, 0.3) is 0 Å². The predicted molar refractivity (Wildman–Crippen MR) is 152 cm³/mol. The standard InChI is InChI=1S/C34H29NO3/c1-2-26-18-20-32(36-23-27-12-6-3-7-13-27)31(22-26)30-19-21-33(37-24-28-14-8-4-9-15-28)35-34(30)38-25-29-16-10-5-11-17-29/h2-22H,1,23-25H2. The number of pyridine rings is 1. The minimum atomic E-state index is 0.379. The maximum Gasteiger partial charge on any atom is 0.225 e. The van der Waals surface area contributed by atoms with Crippen LogP contribution in [0.15, 0.2) is 128 Å². The van der Waals surface area contributed by atoms with Gasteiger partial charge in [-0.15, -0.1) is 0 Å². The van der Waals surface area contributed by atoms with Crippen LogP contribution in [0.5, 0.6) is 17.5 Å². The summed E-state index contributed by atoms with van der Waals surface area (Å²) in [4.78, 5) is 4.77. The number of hydrogen-bond donors (Lipinski definition) is 0. The van der Waals surface area contributed by atoms with E-state index in [4.69, 9.17) is 19.2 Å². The average molecular weight is 500 g/mol. The van der Waals surface area contributed by atoms with Crippen LogP contribution in [0.2, 0.25) is 0 Å². The second kappa shape index (κ2) is 12.4. The van der Waals surface area contributed by atoms with Crippen LogP contribution in [0, 0.1) is 0 Å². The van der Waals surface area contributed by atoms with Gasteiger partial charge in [-0.1, -0.05) is 110 Å². The fraction of sp³-hybridized carbons (Fsp3) is 0.0882. The first-order chi connectivity index (χ1) is 18.8. The van der Waals surface area contributed by atoms with E-state index < -0.39 is 0 Å². The van der Waals surface area contributed by atoms with Gasteiger partial charge in [0.1, 0.15) is 25.6 Å². The lowest BCUT2D eigenvalue weighted by Crippen LogP contribution is -2.03. The monoisotopic (exact) mass is 499 g/mol. The number of ether oxygens (including phenoxy) is 3. The van der Waals surface area contributed by atoms with Crippen LogP contribution >= 0.6 is 0 Å². The lowest BCUT2D eigenvalue weighted by atomic mass is 10.0. The molecule has 0 amide bonds. The molecule has 0 saturated heterocycles. The molecule has 188 valence electrons. The van der Waals surface area contributed by atoms with E-state index in [1.54, 1.807) is 0 Å². The molecule has 4 nitrogen and oxygen atoms in total. The Morgan fingerprint density at radius 1 is 0.553 bits per heavy atom. The zero-order valence-corrected chi connectivity index (χ0v) is 21.1. The summed E-state index contributed by atoms with van der Waals surface area (Å²) in [6.07, 6.45) is 1.82. The van der Waals surface area contributed by atoms with E-state index in [-0.39, 0.29) is 0 Å². The molecule has 0 aliphatic carbocycles. The smallest absolute Gasteiger partial charge is 0.225 e. The zero-order valence-electron chi connectivity index (χ0n) is 21.1. The number of benzene rings is 4. The van der Waals surface area contributed by atoms with Crippen molar-refractivity contribution in [1.82, 2.24) is 4.98 Å². The lowest BCUT2D eigenvalue weighted by Gasteiger charge is -2.17. The van der Waals surface area contributed by atoms with Gasteiger partial charge in [0.05, 0.1) is 0 Å². The second-order valence-corrected chi connectivity index (χ2v) is 8.78. The van der Waals surface area contributed by atoms with Gasteiger partial charge in [-0.05, 0) is 40.5 Å². The molecule has 4 heteroatoms. The van der Waals surface area contributed by atoms with Crippen LogP contribution < -0.4 is 14.2 Å². The molecular weight excluding hydrogens is 470 g/mol. The van der Waals surface area contributed by atoms with Crippen LogP contribution in [-0.4, -0.2) is 4.98 Å². The molecule has 0 atom stereocenters. The summed E-state index contributed by atoms with van der Waals surface area (Å²) in [5.74, 6) is 1.71. The van der Waals surface area contributed by atoms with Crippen molar-refractivity contribution in [2.45, 2.75) is 19.8 Å². The Balaban J connectivity index is 1.47. The molecule has 0 aliphatic heterocycles. The summed E-state index contributed by atoms with van der Waals surface area (Å²) in [6, 6.07) is 40.0. The molecule has 0 fully saturated rings. The fourth-order valence-corrected chi connectivity index (χ4v) is 4.02. The second-order valence-electron chi connectivity index (χ2n) is 8.78. The van der Waals surface area contributed by atoms with Crippen molar-refractivity contribution in [2.75, 3.05) is 0 Å². The summed E-state index contributed by atoms with van der Waals surface area (Å²) >= 11 is 0. The highest BCUT2D eigenvalue weighted by molar-refractivity contribution is 5.77. The lowest BCUT2D eigenvalue weighted by molar-refractivity contribution is 0.268. The third kappa shape index (κ3) is 6.48. The third-order valence-electron chi connectivity index (χ3n) is 6.05. The Kier molecular flexibility index (Phi) is 8.12. The maximum absolute atomic E-state index is 6.29.